The van der Waals surface area contributed by atoms with E-state index in [0.717, 1.165) is 32.8 Å². The molecule has 0 radical (unpaired) electrons. The summed E-state index contributed by atoms with van der Waals surface area (Å²) in [6, 6.07) is 8.57. The SMILES string of the molecule is C=Cc1ccc(CN2CCOCC2)cc1. The zero-order valence-corrected chi connectivity index (χ0v) is 8.98. The van der Waals surface area contributed by atoms with E-state index in [2.05, 4.69) is 35.7 Å². The molecule has 1 heterocycles. The summed E-state index contributed by atoms with van der Waals surface area (Å²) in [5.74, 6) is 0. The fraction of sp³-hybridized carbons (Fsp3) is 0.385. The van der Waals surface area contributed by atoms with Crippen LogP contribution in [0.2, 0.25) is 0 Å². The molecule has 0 bridgehead atoms. The van der Waals surface area contributed by atoms with Crippen molar-refractivity contribution in [1.82, 2.24) is 4.90 Å². The number of nitrogens with zero attached hydrogens (tertiary/aromatic N) is 1. The summed E-state index contributed by atoms with van der Waals surface area (Å²) < 4.78 is 5.32. The molecule has 0 atom stereocenters. The Labute approximate surface area is 91.2 Å². The topological polar surface area (TPSA) is 12.5 Å². The lowest BCUT2D eigenvalue weighted by Gasteiger charge is -2.26. The Morgan fingerprint density at radius 2 is 1.87 bits per heavy atom. The molecule has 1 aromatic carbocycles. The van der Waals surface area contributed by atoms with Gasteiger partial charge in [-0.2, -0.15) is 0 Å². The molecule has 0 spiro atoms. The molecule has 0 aromatic heterocycles. The van der Waals surface area contributed by atoms with Crippen LogP contribution in [0.25, 0.3) is 6.08 Å². The third kappa shape index (κ3) is 2.91. The Hall–Kier alpha value is -1.12. The van der Waals surface area contributed by atoms with Crippen LogP contribution in [0.5, 0.6) is 0 Å². The molecule has 15 heavy (non-hydrogen) atoms. The summed E-state index contributed by atoms with van der Waals surface area (Å²) in [6.07, 6.45) is 1.87. The van der Waals surface area contributed by atoms with Crippen molar-refractivity contribution in [2.75, 3.05) is 26.3 Å². The molecular formula is C13H17NO. The molecule has 1 fully saturated rings. The number of hydrogen-bond acceptors (Lipinski definition) is 2. The maximum absolute atomic E-state index is 5.32. The number of ether oxygens (including phenoxy) is 1. The molecule has 2 heteroatoms. The first kappa shape index (κ1) is 10.4. The molecule has 1 aliphatic rings. The van der Waals surface area contributed by atoms with Gasteiger partial charge in [0.15, 0.2) is 0 Å². The lowest BCUT2D eigenvalue weighted by Crippen LogP contribution is -2.35. The van der Waals surface area contributed by atoms with E-state index >= 15 is 0 Å². The predicted molar refractivity (Wildman–Crippen MR) is 62.6 cm³/mol. The summed E-state index contributed by atoms with van der Waals surface area (Å²) >= 11 is 0. The average molecular weight is 203 g/mol. The van der Waals surface area contributed by atoms with E-state index in [1.54, 1.807) is 0 Å². The van der Waals surface area contributed by atoms with Crippen LogP contribution >= 0.6 is 0 Å². The smallest absolute Gasteiger partial charge is 0.0594 e. The maximum Gasteiger partial charge on any atom is 0.0594 e. The van der Waals surface area contributed by atoms with E-state index < -0.39 is 0 Å². The summed E-state index contributed by atoms with van der Waals surface area (Å²) in [7, 11) is 0. The van der Waals surface area contributed by atoms with Gasteiger partial charge in [0.1, 0.15) is 0 Å². The van der Waals surface area contributed by atoms with Gasteiger partial charge < -0.3 is 4.74 Å². The molecule has 0 saturated carbocycles. The number of rotatable bonds is 3. The Kier molecular flexibility index (Phi) is 3.54. The van der Waals surface area contributed by atoms with E-state index in [1.165, 1.54) is 11.1 Å². The van der Waals surface area contributed by atoms with E-state index in [9.17, 15) is 0 Å². The van der Waals surface area contributed by atoms with Crippen molar-refractivity contribution in [2.24, 2.45) is 0 Å². The standard InChI is InChI=1S/C13H17NO/c1-2-12-3-5-13(6-4-12)11-14-7-9-15-10-8-14/h2-6H,1,7-11H2. The minimum atomic E-state index is 0.866. The van der Waals surface area contributed by atoms with Crippen molar-refractivity contribution >= 4 is 6.08 Å². The van der Waals surface area contributed by atoms with Gasteiger partial charge in [-0.05, 0) is 11.1 Å². The van der Waals surface area contributed by atoms with Crippen LogP contribution in [0.1, 0.15) is 11.1 Å². The van der Waals surface area contributed by atoms with Crippen LogP contribution in [0.3, 0.4) is 0 Å². The van der Waals surface area contributed by atoms with Crippen LogP contribution in [0.4, 0.5) is 0 Å². The van der Waals surface area contributed by atoms with Crippen molar-refractivity contribution in [3.8, 4) is 0 Å². The monoisotopic (exact) mass is 203 g/mol. The van der Waals surface area contributed by atoms with Crippen LogP contribution in [0, 0.1) is 0 Å². The summed E-state index contributed by atoms with van der Waals surface area (Å²) in [4.78, 5) is 2.42. The van der Waals surface area contributed by atoms with Gasteiger partial charge in [0.2, 0.25) is 0 Å². The van der Waals surface area contributed by atoms with Crippen LogP contribution < -0.4 is 0 Å². The van der Waals surface area contributed by atoms with Gasteiger partial charge in [-0.1, -0.05) is 36.9 Å². The Morgan fingerprint density at radius 1 is 1.20 bits per heavy atom. The first-order valence-electron chi connectivity index (χ1n) is 5.40. The maximum atomic E-state index is 5.32. The molecule has 1 aromatic rings. The van der Waals surface area contributed by atoms with Gasteiger partial charge in [-0.25, -0.2) is 0 Å². The molecule has 0 unspecified atom stereocenters. The molecule has 1 saturated heterocycles. The van der Waals surface area contributed by atoms with Crippen LogP contribution in [-0.2, 0) is 11.3 Å². The molecule has 1 aliphatic heterocycles. The third-order valence-corrected chi connectivity index (χ3v) is 2.73. The Morgan fingerprint density at radius 3 is 2.47 bits per heavy atom. The minimum Gasteiger partial charge on any atom is -0.379 e. The van der Waals surface area contributed by atoms with Gasteiger partial charge in [-0.15, -0.1) is 0 Å². The third-order valence-electron chi connectivity index (χ3n) is 2.73. The second kappa shape index (κ2) is 5.10. The first-order valence-corrected chi connectivity index (χ1v) is 5.40. The lowest BCUT2D eigenvalue weighted by molar-refractivity contribution is 0.0342. The van der Waals surface area contributed by atoms with Crippen molar-refractivity contribution < 1.29 is 4.74 Å². The van der Waals surface area contributed by atoms with Gasteiger partial charge in [-0.3, -0.25) is 4.90 Å². The van der Waals surface area contributed by atoms with E-state index in [0.29, 0.717) is 0 Å². The summed E-state index contributed by atoms with van der Waals surface area (Å²) in [5, 5.41) is 0. The zero-order valence-electron chi connectivity index (χ0n) is 8.98. The number of morpholine rings is 1. The van der Waals surface area contributed by atoms with Gasteiger partial charge in [0.25, 0.3) is 0 Å². The van der Waals surface area contributed by atoms with Crippen LogP contribution in [-0.4, -0.2) is 31.2 Å². The molecule has 2 nitrogen and oxygen atoms in total. The fourth-order valence-corrected chi connectivity index (χ4v) is 1.78. The lowest BCUT2D eigenvalue weighted by atomic mass is 10.1. The minimum absolute atomic E-state index is 0.866. The van der Waals surface area contributed by atoms with Crippen molar-refractivity contribution in [1.29, 1.82) is 0 Å². The predicted octanol–water partition coefficient (Wildman–Crippen LogP) is 2.16. The van der Waals surface area contributed by atoms with E-state index in [-0.39, 0.29) is 0 Å². The van der Waals surface area contributed by atoms with Gasteiger partial charge in [0, 0.05) is 19.6 Å². The van der Waals surface area contributed by atoms with Gasteiger partial charge in [0.05, 0.1) is 13.2 Å². The number of hydrogen-bond donors (Lipinski definition) is 0. The van der Waals surface area contributed by atoms with Crippen molar-refractivity contribution in [2.45, 2.75) is 6.54 Å². The molecule has 80 valence electrons. The quantitative estimate of drug-likeness (QED) is 0.746. The van der Waals surface area contributed by atoms with Crippen molar-refractivity contribution in [3.63, 3.8) is 0 Å². The van der Waals surface area contributed by atoms with Gasteiger partial charge >= 0.3 is 0 Å². The Bertz CT molecular complexity index is 312. The highest BCUT2D eigenvalue weighted by Gasteiger charge is 2.09. The molecule has 0 amide bonds. The Balaban J connectivity index is 1.94. The van der Waals surface area contributed by atoms with E-state index in [1.807, 2.05) is 6.08 Å². The first-order chi connectivity index (χ1) is 7.38. The molecule has 2 rings (SSSR count). The van der Waals surface area contributed by atoms with E-state index in [4.69, 9.17) is 4.74 Å². The number of benzene rings is 1. The summed E-state index contributed by atoms with van der Waals surface area (Å²) in [6.45, 7) is 8.60. The fourth-order valence-electron chi connectivity index (χ4n) is 1.78. The normalized spacial score (nSPS) is 17.6. The average Bonchev–Trinajstić information content (AvgIpc) is 2.31. The molecule has 0 aliphatic carbocycles. The van der Waals surface area contributed by atoms with Crippen molar-refractivity contribution in [3.05, 3.63) is 42.0 Å². The highest BCUT2D eigenvalue weighted by Crippen LogP contribution is 2.09. The highest BCUT2D eigenvalue weighted by atomic mass is 16.5. The molecule has 0 N–H and O–H groups in total. The largest absolute Gasteiger partial charge is 0.379 e. The van der Waals surface area contributed by atoms with Crippen LogP contribution in [0.15, 0.2) is 30.8 Å². The highest BCUT2D eigenvalue weighted by molar-refractivity contribution is 5.47. The zero-order chi connectivity index (χ0) is 10.5. The second-order valence-electron chi connectivity index (χ2n) is 3.83. The second-order valence-corrected chi connectivity index (χ2v) is 3.83. The molecular weight excluding hydrogens is 186 g/mol. The summed E-state index contributed by atoms with van der Waals surface area (Å²) in [5.41, 5.74) is 2.54.